The summed E-state index contributed by atoms with van der Waals surface area (Å²) < 4.78 is 28.7. The SMILES string of the molecule is CCCNS(=O)(=O)NCc1ccc(Br)cc1. The van der Waals surface area contributed by atoms with Gasteiger partial charge in [-0.2, -0.15) is 13.1 Å². The van der Waals surface area contributed by atoms with Gasteiger partial charge in [0.15, 0.2) is 0 Å². The molecule has 6 heteroatoms. The Morgan fingerprint density at radius 3 is 2.38 bits per heavy atom. The highest BCUT2D eigenvalue weighted by molar-refractivity contribution is 9.10. The van der Waals surface area contributed by atoms with Gasteiger partial charge in [0.1, 0.15) is 0 Å². The molecule has 90 valence electrons. The van der Waals surface area contributed by atoms with Gasteiger partial charge in [0, 0.05) is 17.6 Å². The van der Waals surface area contributed by atoms with E-state index in [9.17, 15) is 8.42 Å². The molecular weight excluding hydrogens is 292 g/mol. The van der Waals surface area contributed by atoms with E-state index >= 15 is 0 Å². The number of halogens is 1. The summed E-state index contributed by atoms with van der Waals surface area (Å²) in [5.74, 6) is 0. The molecule has 0 atom stereocenters. The van der Waals surface area contributed by atoms with Crippen LogP contribution in [0.5, 0.6) is 0 Å². The van der Waals surface area contributed by atoms with Crippen molar-refractivity contribution in [1.29, 1.82) is 0 Å². The number of hydrogen-bond donors (Lipinski definition) is 2. The van der Waals surface area contributed by atoms with Gasteiger partial charge in [-0.05, 0) is 24.1 Å². The minimum atomic E-state index is -3.36. The molecule has 0 aliphatic carbocycles. The van der Waals surface area contributed by atoms with Crippen LogP contribution in [0.4, 0.5) is 0 Å². The molecule has 0 fully saturated rings. The number of benzene rings is 1. The second kappa shape index (κ2) is 6.34. The van der Waals surface area contributed by atoms with Gasteiger partial charge in [-0.1, -0.05) is 35.0 Å². The average molecular weight is 307 g/mol. The van der Waals surface area contributed by atoms with Crippen LogP contribution in [-0.2, 0) is 16.8 Å². The third-order valence-electron chi connectivity index (χ3n) is 1.92. The molecule has 0 aliphatic rings. The first-order valence-corrected chi connectivity index (χ1v) is 7.30. The van der Waals surface area contributed by atoms with E-state index in [0.717, 1.165) is 16.5 Å². The molecule has 1 rings (SSSR count). The molecule has 0 radical (unpaired) electrons. The molecule has 0 saturated carbocycles. The molecule has 4 nitrogen and oxygen atoms in total. The predicted octanol–water partition coefficient (Wildman–Crippen LogP) is 1.78. The molecule has 2 N–H and O–H groups in total. The standard InChI is InChI=1S/C10H15BrN2O2S/c1-2-7-12-16(14,15)13-8-9-3-5-10(11)6-4-9/h3-6,12-13H,2,7-8H2,1H3. The maximum absolute atomic E-state index is 11.4. The largest absolute Gasteiger partial charge is 0.277 e. The fourth-order valence-electron chi connectivity index (χ4n) is 1.07. The number of nitrogens with one attached hydrogen (secondary N) is 2. The maximum Gasteiger partial charge on any atom is 0.277 e. The van der Waals surface area contributed by atoms with Crippen molar-refractivity contribution in [2.45, 2.75) is 19.9 Å². The third kappa shape index (κ3) is 5.07. The highest BCUT2D eigenvalue weighted by atomic mass is 79.9. The van der Waals surface area contributed by atoms with Crippen molar-refractivity contribution >= 4 is 26.1 Å². The van der Waals surface area contributed by atoms with Crippen molar-refractivity contribution in [1.82, 2.24) is 9.44 Å². The van der Waals surface area contributed by atoms with Crippen LogP contribution in [0.1, 0.15) is 18.9 Å². The second-order valence-electron chi connectivity index (χ2n) is 3.35. The van der Waals surface area contributed by atoms with Crippen molar-refractivity contribution in [3.05, 3.63) is 34.3 Å². The quantitative estimate of drug-likeness (QED) is 0.842. The van der Waals surface area contributed by atoms with Crippen LogP contribution in [-0.4, -0.2) is 15.0 Å². The van der Waals surface area contributed by atoms with Gasteiger partial charge in [0.05, 0.1) is 0 Å². The van der Waals surface area contributed by atoms with Gasteiger partial charge in [0.2, 0.25) is 0 Å². The first-order chi connectivity index (χ1) is 7.53. The van der Waals surface area contributed by atoms with E-state index < -0.39 is 10.2 Å². The summed E-state index contributed by atoms with van der Waals surface area (Å²) in [4.78, 5) is 0. The first kappa shape index (κ1) is 13.6. The molecule has 0 bridgehead atoms. The van der Waals surface area contributed by atoms with E-state index in [2.05, 4.69) is 25.4 Å². The summed E-state index contributed by atoms with van der Waals surface area (Å²) in [7, 11) is -3.36. The lowest BCUT2D eigenvalue weighted by Crippen LogP contribution is -2.36. The molecule has 0 unspecified atom stereocenters. The highest BCUT2D eigenvalue weighted by Crippen LogP contribution is 2.10. The number of rotatable bonds is 6. The Labute approximate surface area is 105 Å². The van der Waals surface area contributed by atoms with Crippen molar-refractivity contribution in [3.8, 4) is 0 Å². The van der Waals surface area contributed by atoms with Gasteiger partial charge in [-0.25, -0.2) is 4.72 Å². The monoisotopic (exact) mass is 306 g/mol. The fourth-order valence-corrected chi connectivity index (χ4v) is 2.26. The van der Waals surface area contributed by atoms with E-state index in [0.29, 0.717) is 13.1 Å². The van der Waals surface area contributed by atoms with Gasteiger partial charge in [-0.3, -0.25) is 0 Å². The van der Waals surface area contributed by atoms with Gasteiger partial charge in [0.25, 0.3) is 10.2 Å². The summed E-state index contributed by atoms with van der Waals surface area (Å²) in [6.45, 7) is 2.67. The van der Waals surface area contributed by atoms with Crippen LogP contribution in [0.3, 0.4) is 0 Å². The lowest BCUT2D eigenvalue weighted by atomic mass is 10.2. The first-order valence-electron chi connectivity index (χ1n) is 5.02. The average Bonchev–Trinajstić information content (AvgIpc) is 2.26. The van der Waals surface area contributed by atoms with E-state index in [4.69, 9.17) is 0 Å². The molecule has 0 saturated heterocycles. The Kier molecular flexibility index (Phi) is 5.40. The molecule has 1 aromatic carbocycles. The maximum atomic E-state index is 11.4. The minimum absolute atomic E-state index is 0.298. The second-order valence-corrected chi connectivity index (χ2v) is 5.85. The van der Waals surface area contributed by atoms with Gasteiger partial charge >= 0.3 is 0 Å². The van der Waals surface area contributed by atoms with Crippen LogP contribution in [0, 0.1) is 0 Å². The van der Waals surface area contributed by atoms with Crippen LogP contribution >= 0.6 is 15.9 Å². The molecule has 0 spiro atoms. The normalized spacial score (nSPS) is 11.6. The molecular formula is C10H15BrN2O2S. The van der Waals surface area contributed by atoms with Crippen molar-refractivity contribution in [3.63, 3.8) is 0 Å². The van der Waals surface area contributed by atoms with Crippen molar-refractivity contribution in [2.24, 2.45) is 0 Å². The fraction of sp³-hybridized carbons (Fsp3) is 0.400. The van der Waals surface area contributed by atoms with Crippen LogP contribution in [0.15, 0.2) is 28.7 Å². The third-order valence-corrected chi connectivity index (χ3v) is 3.56. The van der Waals surface area contributed by atoms with E-state index in [1.54, 1.807) is 0 Å². The molecule has 16 heavy (non-hydrogen) atoms. The molecule has 0 heterocycles. The predicted molar refractivity (Wildman–Crippen MR) is 68.2 cm³/mol. The van der Waals surface area contributed by atoms with Crippen LogP contribution < -0.4 is 9.44 Å². The lowest BCUT2D eigenvalue weighted by molar-refractivity contribution is 0.565. The molecule has 0 aliphatic heterocycles. The van der Waals surface area contributed by atoms with Crippen LogP contribution in [0.25, 0.3) is 0 Å². The summed E-state index contributed by atoms with van der Waals surface area (Å²) in [6.07, 6.45) is 0.777. The summed E-state index contributed by atoms with van der Waals surface area (Å²) in [6, 6.07) is 7.49. The zero-order valence-electron chi connectivity index (χ0n) is 9.03. The number of hydrogen-bond acceptors (Lipinski definition) is 2. The zero-order chi connectivity index (χ0) is 12.0. The van der Waals surface area contributed by atoms with Gasteiger partial charge in [-0.15, -0.1) is 0 Å². The summed E-state index contributed by atoms with van der Waals surface area (Å²) in [5.41, 5.74) is 0.921. The topological polar surface area (TPSA) is 58.2 Å². The minimum Gasteiger partial charge on any atom is -0.202 e. The Hall–Kier alpha value is -0.430. The van der Waals surface area contributed by atoms with E-state index in [1.807, 2.05) is 31.2 Å². The Morgan fingerprint density at radius 2 is 1.81 bits per heavy atom. The van der Waals surface area contributed by atoms with Crippen molar-refractivity contribution in [2.75, 3.05) is 6.54 Å². The Bertz CT molecular complexity index is 417. The Morgan fingerprint density at radius 1 is 1.19 bits per heavy atom. The summed E-state index contributed by atoms with van der Waals surface area (Å²) in [5, 5.41) is 0. The smallest absolute Gasteiger partial charge is 0.202 e. The zero-order valence-corrected chi connectivity index (χ0v) is 11.4. The van der Waals surface area contributed by atoms with Gasteiger partial charge < -0.3 is 0 Å². The Balaban J connectivity index is 2.48. The van der Waals surface area contributed by atoms with Crippen LogP contribution in [0.2, 0.25) is 0 Å². The van der Waals surface area contributed by atoms with E-state index in [-0.39, 0.29) is 0 Å². The highest BCUT2D eigenvalue weighted by Gasteiger charge is 2.07. The van der Waals surface area contributed by atoms with Crippen molar-refractivity contribution < 1.29 is 8.42 Å². The molecule has 1 aromatic rings. The molecule has 0 amide bonds. The lowest BCUT2D eigenvalue weighted by Gasteiger charge is -2.07. The molecule has 0 aromatic heterocycles. The summed E-state index contributed by atoms with van der Waals surface area (Å²) >= 11 is 3.32. The van der Waals surface area contributed by atoms with E-state index in [1.165, 1.54) is 0 Å².